The summed E-state index contributed by atoms with van der Waals surface area (Å²) in [7, 11) is 0. The highest BCUT2D eigenvalue weighted by molar-refractivity contribution is 7.71. The Morgan fingerprint density at radius 1 is 0.960 bits per heavy atom. The molecule has 0 saturated carbocycles. The van der Waals surface area contributed by atoms with Crippen LogP contribution in [0.1, 0.15) is 22.6 Å². The number of hydrogen-bond donors (Lipinski definition) is 3. The van der Waals surface area contributed by atoms with E-state index in [1.807, 2.05) is 36.4 Å². The molecular formula is C19H14FN3OS. The number of allylic oxidation sites excluding steroid dienone is 1. The highest BCUT2D eigenvalue weighted by atomic mass is 32.1. The van der Waals surface area contributed by atoms with Crippen molar-refractivity contribution in [2.45, 2.75) is 5.92 Å². The topological polar surface area (TPSA) is 60.7 Å². The molecule has 0 spiro atoms. The third-order valence-electron chi connectivity index (χ3n) is 4.21. The molecule has 0 bridgehead atoms. The predicted octanol–water partition coefficient (Wildman–Crippen LogP) is 4.17. The van der Waals surface area contributed by atoms with E-state index in [2.05, 4.69) is 15.3 Å². The van der Waals surface area contributed by atoms with Gasteiger partial charge < -0.3 is 10.3 Å². The fraction of sp³-hybridized carbons (Fsp3) is 0.0526. The Labute approximate surface area is 148 Å². The third kappa shape index (κ3) is 2.81. The van der Waals surface area contributed by atoms with Gasteiger partial charge in [-0.3, -0.25) is 9.78 Å². The van der Waals surface area contributed by atoms with Crippen LogP contribution >= 0.6 is 12.2 Å². The second-order valence-electron chi connectivity index (χ2n) is 5.77. The molecule has 1 aliphatic rings. The SMILES string of the molecule is O=c1[nH]c(=S)[nH]c2c1C(c1ccccc1F)C=C(c1ccccc1)N2. The Hall–Kier alpha value is -2.99. The second kappa shape index (κ2) is 6.14. The van der Waals surface area contributed by atoms with Crippen LogP contribution in [0.4, 0.5) is 10.2 Å². The highest BCUT2D eigenvalue weighted by Crippen LogP contribution is 2.36. The number of fused-ring (bicyclic) bond motifs is 1. The first-order valence-electron chi connectivity index (χ1n) is 7.78. The number of benzene rings is 2. The zero-order valence-corrected chi connectivity index (χ0v) is 13.9. The molecule has 1 atom stereocenters. The zero-order valence-electron chi connectivity index (χ0n) is 13.0. The monoisotopic (exact) mass is 351 g/mol. The molecular weight excluding hydrogens is 337 g/mol. The van der Waals surface area contributed by atoms with E-state index in [4.69, 9.17) is 12.2 Å². The first-order valence-corrected chi connectivity index (χ1v) is 8.19. The van der Waals surface area contributed by atoms with E-state index >= 15 is 0 Å². The quantitative estimate of drug-likeness (QED) is 0.607. The van der Waals surface area contributed by atoms with Crippen molar-refractivity contribution >= 4 is 23.7 Å². The van der Waals surface area contributed by atoms with Gasteiger partial charge in [-0.2, -0.15) is 0 Å². The van der Waals surface area contributed by atoms with E-state index in [1.165, 1.54) is 6.07 Å². The van der Waals surface area contributed by atoms with Gasteiger partial charge in [0.1, 0.15) is 11.6 Å². The molecule has 0 saturated heterocycles. The maximum Gasteiger partial charge on any atom is 0.257 e. The van der Waals surface area contributed by atoms with Gasteiger partial charge in [-0.1, -0.05) is 48.5 Å². The second-order valence-corrected chi connectivity index (χ2v) is 6.18. The lowest BCUT2D eigenvalue weighted by Gasteiger charge is -2.25. The van der Waals surface area contributed by atoms with Crippen molar-refractivity contribution in [1.82, 2.24) is 9.97 Å². The van der Waals surface area contributed by atoms with Crippen LogP contribution < -0.4 is 10.9 Å². The molecule has 1 aromatic heterocycles. The molecule has 0 radical (unpaired) electrons. The van der Waals surface area contributed by atoms with E-state index in [0.717, 1.165) is 11.3 Å². The zero-order chi connectivity index (χ0) is 17.4. The summed E-state index contributed by atoms with van der Waals surface area (Å²) in [4.78, 5) is 18.0. The first-order chi connectivity index (χ1) is 12.1. The van der Waals surface area contributed by atoms with Gasteiger partial charge in [-0.15, -0.1) is 0 Å². The van der Waals surface area contributed by atoms with Crippen LogP contribution in [0.25, 0.3) is 5.70 Å². The van der Waals surface area contributed by atoms with Crippen molar-refractivity contribution in [2.75, 3.05) is 5.32 Å². The standard InChI is InChI=1S/C19H14FN3OS/c20-14-9-5-4-8-12(14)13-10-15(11-6-2-1-3-7-11)21-17-16(13)18(24)23-19(25)22-17/h1-10,13H,(H3,21,22,23,24,25). The lowest BCUT2D eigenvalue weighted by molar-refractivity contribution is 0.607. The predicted molar refractivity (Wildman–Crippen MR) is 98.5 cm³/mol. The van der Waals surface area contributed by atoms with Crippen molar-refractivity contribution < 1.29 is 4.39 Å². The molecule has 6 heteroatoms. The van der Waals surface area contributed by atoms with Crippen molar-refractivity contribution in [3.05, 3.63) is 98.3 Å². The van der Waals surface area contributed by atoms with E-state index in [-0.39, 0.29) is 16.1 Å². The largest absolute Gasteiger partial charge is 0.341 e. The summed E-state index contributed by atoms with van der Waals surface area (Å²) in [5, 5.41) is 3.21. The third-order valence-corrected chi connectivity index (χ3v) is 4.41. The van der Waals surface area contributed by atoms with Gasteiger partial charge in [-0.05, 0) is 35.5 Å². The van der Waals surface area contributed by atoms with Crippen molar-refractivity contribution in [1.29, 1.82) is 0 Å². The lowest BCUT2D eigenvalue weighted by atomic mass is 9.87. The van der Waals surface area contributed by atoms with Gasteiger partial charge in [-0.25, -0.2) is 4.39 Å². The Kier molecular flexibility index (Phi) is 3.82. The summed E-state index contributed by atoms with van der Waals surface area (Å²) in [6.45, 7) is 0. The summed E-state index contributed by atoms with van der Waals surface area (Å²) in [5.74, 6) is -0.391. The van der Waals surface area contributed by atoms with E-state index in [0.29, 0.717) is 16.9 Å². The fourth-order valence-electron chi connectivity index (χ4n) is 3.08. The van der Waals surface area contributed by atoms with Crippen LogP contribution in [0.5, 0.6) is 0 Å². The van der Waals surface area contributed by atoms with Crippen LogP contribution in [0.15, 0.2) is 65.5 Å². The molecule has 2 aromatic carbocycles. The Morgan fingerprint density at radius 2 is 1.68 bits per heavy atom. The first kappa shape index (κ1) is 15.5. The molecule has 4 nitrogen and oxygen atoms in total. The van der Waals surface area contributed by atoms with Gasteiger partial charge in [0, 0.05) is 11.6 Å². The number of rotatable bonds is 2. The maximum atomic E-state index is 14.4. The average Bonchev–Trinajstić information content (AvgIpc) is 2.61. The molecule has 124 valence electrons. The number of nitrogens with one attached hydrogen (secondary N) is 3. The average molecular weight is 351 g/mol. The fourth-order valence-corrected chi connectivity index (χ4v) is 3.27. The van der Waals surface area contributed by atoms with Gasteiger partial charge in [0.15, 0.2) is 4.77 Å². The Balaban J connectivity index is 1.97. The molecule has 0 amide bonds. The van der Waals surface area contributed by atoms with Crippen molar-refractivity contribution in [2.24, 2.45) is 0 Å². The minimum atomic E-state index is -0.525. The maximum absolute atomic E-state index is 14.4. The number of anilines is 1. The van der Waals surface area contributed by atoms with Crippen LogP contribution in [-0.4, -0.2) is 9.97 Å². The molecule has 4 rings (SSSR count). The Bertz CT molecular complexity index is 1090. The van der Waals surface area contributed by atoms with Gasteiger partial charge >= 0.3 is 0 Å². The minimum absolute atomic E-state index is 0.220. The summed E-state index contributed by atoms with van der Waals surface area (Å²) < 4.78 is 14.6. The summed E-state index contributed by atoms with van der Waals surface area (Å²) >= 11 is 5.08. The van der Waals surface area contributed by atoms with E-state index in [1.54, 1.807) is 18.2 Å². The van der Waals surface area contributed by atoms with E-state index in [9.17, 15) is 9.18 Å². The van der Waals surface area contributed by atoms with Gasteiger partial charge in [0.2, 0.25) is 0 Å². The molecule has 1 aliphatic heterocycles. The molecule has 1 unspecified atom stereocenters. The van der Waals surface area contributed by atoms with Gasteiger partial charge in [0.25, 0.3) is 5.56 Å². The summed E-state index contributed by atoms with van der Waals surface area (Å²) in [5.41, 5.74) is 2.25. The van der Waals surface area contributed by atoms with Crippen LogP contribution in [0.3, 0.4) is 0 Å². The summed E-state index contributed by atoms with van der Waals surface area (Å²) in [6.07, 6.45) is 1.86. The molecule has 0 fully saturated rings. The number of H-pyrrole nitrogens is 2. The molecule has 25 heavy (non-hydrogen) atoms. The molecule has 0 aliphatic carbocycles. The molecule has 2 heterocycles. The van der Waals surface area contributed by atoms with Crippen LogP contribution in [-0.2, 0) is 0 Å². The van der Waals surface area contributed by atoms with Crippen molar-refractivity contribution in [3.8, 4) is 0 Å². The van der Waals surface area contributed by atoms with Gasteiger partial charge in [0.05, 0.1) is 5.56 Å². The number of halogens is 1. The minimum Gasteiger partial charge on any atom is -0.341 e. The number of aromatic nitrogens is 2. The number of aromatic amines is 2. The normalized spacial score (nSPS) is 15.9. The van der Waals surface area contributed by atoms with Crippen LogP contribution in [0, 0.1) is 10.6 Å². The number of hydrogen-bond acceptors (Lipinski definition) is 3. The highest BCUT2D eigenvalue weighted by Gasteiger charge is 2.27. The van der Waals surface area contributed by atoms with Crippen molar-refractivity contribution in [3.63, 3.8) is 0 Å². The summed E-state index contributed by atoms with van der Waals surface area (Å²) in [6, 6.07) is 16.1. The smallest absolute Gasteiger partial charge is 0.257 e. The Morgan fingerprint density at radius 3 is 2.44 bits per heavy atom. The van der Waals surface area contributed by atoms with Crippen LogP contribution in [0.2, 0.25) is 0 Å². The molecule has 3 aromatic rings. The van der Waals surface area contributed by atoms with E-state index < -0.39 is 5.92 Å². The lowest BCUT2D eigenvalue weighted by Crippen LogP contribution is -2.25. The molecule has 3 N–H and O–H groups in total.